The number of phenolic OH excluding ortho intramolecular Hbond substituents is 1. The molecule has 4 N–H and O–H groups in total. The fraction of sp³-hybridized carbons (Fsp3) is 0.348. The Morgan fingerprint density at radius 2 is 1.83 bits per heavy atom. The lowest BCUT2D eigenvalue weighted by atomic mass is 9.88. The Morgan fingerprint density at radius 1 is 1.20 bits per heavy atom. The fourth-order valence-electron chi connectivity index (χ4n) is 3.25. The van der Waals surface area contributed by atoms with Crippen molar-refractivity contribution in [1.82, 2.24) is 0 Å². The van der Waals surface area contributed by atoms with Gasteiger partial charge in [0.1, 0.15) is 5.82 Å². The molecule has 7 heteroatoms. The van der Waals surface area contributed by atoms with Gasteiger partial charge in [0, 0.05) is 12.0 Å². The third kappa shape index (κ3) is 5.81. The normalized spacial score (nSPS) is 13.6. The highest BCUT2D eigenvalue weighted by Crippen LogP contribution is 2.44. The van der Waals surface area contributed by atoms with E-state index in [4.69, 9.17) is 9.84 Å². The molecule has 0 spiro atoms. The number of phenols is 1. The van der Waals surface area contributed by atoms with Gasteiger partial charge in [0.05, 0.1) is 25.7 Å². The maximum atomic E-state index is 13.4. The SMILES string of the molecule is COc1cc(C(C)C)c(/C=C/C(O)CC(O)CC(=O)O)c(-c2ccc(F)cc2)c1O. The van der Waals surface area contributed by atoms with Crippen molar-refractivity contribution < 1.29 is 34.3 Å². The van der Waals surface area contributed by atoms with Crippen LogP contribution in [0.5, 0.6) is 11.5 Å². The highest BCUT2D eigenvalue weighted by Gasteiger charge is 2.21. The summed E-state index contributed by atoms with van der Waals surface area (Å²) in [4.78, 5) is 10.7. The van der Waals surface area contributed by atoms with Crippen LogP contribution in [0, 0.1) is 5.82 Å². The molecule has 0 heterocycles. The molecule has 2 aromatic rings. The van der Waals surface area contributed by atoms with Crippen LogP contribution in [0.25, 0.3) is 17.2 Å². The minimum absolute atomic E-state index is 0.0353. The molecule has 30 heavy (non-hydrogen) atoms. The highest BCUT2D eigenvalue weighted by atomic mass is 19.1. The van der Waals surface area contributed by atoms with Crippen LogP contribution in [-0.4, -0.2) is 45.7 Å². The summed E-state index contributed by atoms with van der Waals surface area (Å²) in [6.07, 6.45) is 0.161. The van der Waals surface area contributed by atoms with Gasteiger partial charge in [-0.3, -0.25) is 4.79 Å². The molecule has 2 rings (SSSR count). The van der Waals surface area contributed by atoms with Gasteiger partial charge >= 0.3 is 5.97 Å². The molecule has 0 saturated carbocycles. The van der Waals surface area contributed by atoms with Gasteiger partial charge in [-0.1, -0.05) is 38.1 Å². The Balaban J connectivity index is 2.54. The number of benzene rings is 2. The first-order valence-electron chi connectivity index (χ1n) is 9.59. The van der Waals surface area contributed by atoms with E-state index in [2.05, 4.69) is 0 Å². The number of carboxylic acids is 1. The molecular weight excluding hydrogens is 391 g/mol. The Kier molecular flexibility index (Phi) is 7.97. The number of rotatable bonds is 9. The zero-order valence-corrected chi connectivity index (χ0v) is 17.2. The van der Waals surface area contributed by atoms with Gasteiger partial charge in [0.15, 0.2) is 11.5 Å². The van der Waals surface area contributed by atoms with Crippen LogP contribution >= 0.6 is 0 Å². The maximum Gasteiger partial charge on any atom is 0.305 e. The zero-order valence-electron chi connectivity index (χ0n) is 17.2. The third-order valence-corrected chi connectivity index (χ3v) is 4.72. The molecule has 0 bridgehead atoms. The van der Waals surface area contributed by atoms with Crippen LogP contribution in [0.15, 0.2) is 36.4 Å². The van der Waals surface area contributed by atoms with Gasteiger partial charge in [-0.15, -0.1) is 0 Å². The number of methoxy groups -OCH3 is 1. The first-order valence-corrected chi connectivity index (χ1v) is 9.59. The van der Waals surface area contributed by atoms with E-state index in [-0.39, 0.29) is 23.8 Å². The number of aromatic hydroxyl groups is 1. The third-order valence-electron chi connectivity index (χ3n) is 4.72. The second kappa shape index (κ2) is 10.2. The molecule has 0 aliphatic rings. The first kappa shape index (κ1) is 23.4. The number of aliphatic hydroxyl groups excluding tert-OH is 2. The molecule has 162 valence electrons. The van der Waals surface area contributed by atoms with E-state index < -0.39 is 30.4 Å². The Hall–Kier alpha value is -2.90. The van der Waals surface area contributed by atoms with Crippen molar-refractivity contribution in [3.63, 3.8) is 0 Å². The molecule has 2 atom stereocenters. The van der Waals surface area contributed by atoms with E-state index in [1.807, 2.05) is 13.8 Å². The van der Waals surface area contributed by atoms with Crippen LogP contribution in [0.3, 0.4) is 0 Å². The van der Waals surface area contributed by atoms with E-state index in [1.54, 1.807) is 12.1 Å². The number of aliphatic carboxylic acids is 1. The topological polar surface area (TPSA) is 107 Å². The van der Waals surface area contributed by atoms with E-state index >= 15 is 0 Å². The largest absolute Gasteiger partial charge is 0.504 e. The van der Waals surface area contributed by atoms with Crippen molar-refractivity contribution in [1.29, 1.82) is 0 Å². The molecular formula is C23H27FO6. The number of hydrogen-bond donors (Lipinski definition) is 4. The van der Waals surface area contributed by atoms with Crippen LogP contribution in [0.4, 0.5) is 4.39 Å². The molecule has 0 saturated heterocycles. The molecule has 2 unspecified atom stereocenters. The van der Waals surface area contributed by atoms with Crippen molar-refractivity contribution in [3.8, 4) is 22.6 Å². The van der Waals surface area contributed by atoms with Crippen LogP contribution in [-0.2, 0) is 4.79 Å². The summed E-state index contributed by atoms with van der Waals surface area (Å²) in [5, 5.41) is 39.5. The zero-order chi connectivity index (χ0) is 22.4. The summed E-state index contributed by atoms with van der Waals surface area (Å²) >= 11 is 0. The highest BCUT2D eigenvalue weighted by molar-refractivity contribution is 5.84. The number of hydrogen-bond acceptors (Lipinski definition) is 5. The molecule has 0 fully saturated rings. The summed E-state index contributed by atoms with van der Waals surface area (Å²) in [6.45, 7) is 3.93. The van der Waals surface area contributed by atoms with E-state index in [0.717, 1.165) is 5.56 Å². The number of aliphatic hydroxyl groups is 2. The standard InChI is InChI=1S/C23H27FO6/c1-13(2)19-12-20(30-3)23(29)22(14-4-6-15(24)7-5-14)18(19)9-8-16(25)10-17(26)11-21(27)28/h4-9,12-13,16-17,25-26,29H,10-11H2,1-3H3,(H,27,28)/b9-8+. The Morgan fingerprint density at radius 3 is 2.37 bits per heavy atom. The minimum atomic E-state index is -1.19. The summed E-state index contributed by atoms with van der Waals surface area (Å²) in [6, 6.07) is 7.36. The maximum absolute atomic E-state index is 13.4. The second-order valence-electron chi connectivity index (χ2n) is 7.38. The molecule has 2 aromatic carbocycles. The predicted octanol–water partition coefficient (Wildman–Crippen LogP) is 3.93. The van der Waals surface area contributed by atoms with Crippen LogP contribution in [0.1, 0.15) is 43.7 Å². The van der Waals surface area contributed by atoms with Crippen LogP contribution < -0.4 is 4.74 Å². The fourth-order valence-corrected chi connectivity index (χ4v) is 3.25. The average molecular weight is 418 g/mol. The second-order valence-corrected chi connectivity index (χ2v) is 7.38. The molecule has 0 radical (unpaired) electrons. The van der Waals surface area contributed by atoms with Gasteiger partial charge in [-0.25, -0.2) is 4.39 Å². The average Bonchev–Trinajstić information content (AvgIpc) is 2.66. The smallest absolute Gasteiger partial charge is 0.305 e. The van der Waals surface area contributed by atoms with Crippen molar-refractivity contribution in [2.45, 2.75) is 44.8 Å². The molecule has 0 aliphatic heterocycles. The number of halogens is 1. The molecule has 0 aromatic heterocycles. The Labute approximate surface area is 174 Å². The predicted molar refractivity (Wildman–Crippen MR) is 112 cm³/mol. The van der Waals surface area contributed by atoms with Crippen molar-refractivity contribution in [2.75, 3.05) is 7.11 Å². The Bertz CT molecular complexity index is 905. The van der Waals surface area contributed by atoms with Gasteiger partial charge < -0.3 is 25.2 Å². The van der Waals surface area contributed by atoms with Gasteiger partial charge in [-0.2, -0.15) is 0 Å². The van der Waals surface area contributed by atoms with Crippen molar-refractivity contribution in [2.24, 2.45) is 0 Å². The van der Waals surface area contributed by atoms with E-state index in [0.29, 0.717) is 16.7 Å². The van der Waals surface area contributed by atoms with Gasteiger partial charge in [0.25, 0.3) is 0 Å². The van der Waals surface area contributed by atoms with Gasteiger partial charge in [-0.05, 0) is 40.8 Å². The van der Waals surface area contributed by atoms with Crippen molar-refractivity contribution >= 4 is 12.0 Å². The van der Waals surface area contributed by atoms with Crippen molar-refractivity contribution in [3.05, 3.63) is 53.4 Å². The molecule has 0 amide bonds. The lowest BCUT2D eigenvalue weighted by Gasteiger charge is -2.20. The molecule has 0 aliphatic carbocycles. The monoisotopic (exact) mass is 418 g/mol. The van der Waals surface area contributed by atoms with E-state index in [9.17, 15) is 24.5 Å². The first-order chi connectivity index (χ1) is 14.1. The van der Waals surface area contributed by atoms with Crippen LogP contribution in [0.2, 0.25) is 0 Å². The van der Waals surface area contributed by atoms with Gasteiger partial charge in [0.2, 0.25) is 0 Å². The quantitative estimate of drug-likeness (QED) is 0.492. The lowest BCUT2D eigenvalue weighted by Crippen LogP contribution is -2.19. The summed E-state index contributed by atoms with van der Waals surface area (Å²) in [5.74, 6) is -1.38. The van der Waals surface area contributed by atoms with E-state index in [1.165, 1.54) is 37.5 Å². The number of carboxylic acid groups (broad SMARTS) is 1. The summed E-state index contributed by atoms with van der Waals surface area (Å²) < 4.78 is 18.7. The molecule has 6 nitrogen and oxygen atoms in total. The number of ether oxygens (including phenoxy) is 1. The minimum Gasteiger partial charge on any atom is -0.504 e. The lowest BCUT2D eigenvalue weighted by molar-refractivity contribution is -0.139. The summed E-state index contributed by atoms with van der Waals surface area (Å²) in [5.41, 5.74) is 2.43. The number of carbonyl (C=O) groups is 1. The summed E-state index contributed by atoms with van der Waals surface area (Å²) in [7, 11) is 1.44.